The van der Waals surface area contributed by atoms with Gasteiger partial charge in [-0.05, 0) is 80.3 Å². The van der Waals surface area contributed by atoms with Gasteiger partial charge in [-0.1, -0.05) is 29.3 Å². The molecule has 1 saturated heterocycles. The van der Waals surface area contributed by atoms with Crippen molar-refractivity contribution in [2.45, 2.75) is 45.6 Å². The standard InChI is InChI=1S/C28H32BrN3O3/c1-2-3-15-32(20-24-8-7-18-35-24)26-14-13-23(30-27(33)21-9-11-22(29)12-10-21)19-25(26)28(34)31-16-5-4-6-17-31/h7-14,18-19H,2-6,15-17,20H2,1H3,(H,30,33). The summed E-state index contributed by atoms with van der Waals surface area (Å²) in [4.78, 5) is 30.7. The zero-order valence-electron chi connectivity index (χ0n) is 20.1. The molecule has 2 amide bonds. The van der Waals surface area contributed by atoms with Crippen LogP contribution in [0.4, 0.5) is 11.4 Å². The van der Waals surface area contributed by atoms with E-state index in [2.05, 4.69) is 33.1 Å². The zero-order valence-corrected chi connectivity index (χ0v) is 21.7. The van der Waals surface area contributed by atoms with Gasteiger partial charge in [0.2, 0.25) is 0 Å². The summed E-state index contributed by atoms with van der Waals surface area (Å²) in [7, 11) is 0. The fourth-order valence-corrected chi connectivity index (χ4v) is 4.62. The van der Waals surface area contributed by atoms with E-state index >= 15 is 0 Å². The van der Waals surface area contributed by atoms with E-state index in [1.54, 1.807) is 18.4 Å². The van der Waals surface area contributed by atoms with Crippen molar-refractivity contribution in [1.82, 2.24) is 4.90 Å². The van der Waals surface area contributed by atoms with Crippen LogP contribution in [0.2, 0.25) is 0 Å². The minimum atomic E-state index is -0.208. The number of halogens is 1. The van der Waals surface area contributed by atoms with Gasteiger partial charge in [0.25, 0.3) is 11.8 Å². The van der Waals surface area contributed by atoms with Crippen molar-refractivity contribution in [3.8, 4) is 0 Å². The van der Waals surface area contributed by atoms with Gasteiger partial charge >= 0.3 is 0 Å². The summed E-state index contributed by atoms with van der Waals surface area (Å²) in [6.07, 6.45) is 6.92. The molecule has 0 aliphatic carbocycles. The predicted octanol–water partition coefficient (Wildman–Crippen LogP) is 6.73. The minimum absolute atomic E-state index is 0.0142. The minimum Gasteiger partial charge on any atom is -0.467 e. The van der Waals surface area contributed by atoms with Crippen LogP contribution in [-0.2, 0) is 6.54 Å². The molecule has 3 aromatic rings. The lowest BCUT2D eigenvalue weighted by Gasteiger charge is -2.31. The summed E-state index contributed by atoms with van der Waals surface area (Å²) < 4.78 is 6.53. The molecule has 35 heavy (non-hydrogen) atoms. The zero-order chi connectivity index (χ0) is 24.6. The number of nitrogens with one attached hydrogen (secondary N) is 1. The van der Waals surface area contributed by atoms with Crippen LogP contribution < -0.4 is 10.2 Å². The molecule has 2 heterocycles. The Morgan fingerprint density at radius 2 is 1.83 bits per heavy atom. The summed E-state index contributed by atoms with van der Waals surface area (Å²) >= 11 is 3.40. The average Bonchev–Trinajstić information content (AvgIpc) is 3.40. The van der Waals surface area contributed by atoms with Gasteiger partial charge in [-0.25, -0.2) is 0 Å². The van der Waals surface area contributed by atoms with Crippen LogP contribution in [0, 0.1) is 0 Å². The second-order valence-corrected chi connectivity index (χ2v) is 9.82. The highest BCUT2D eigenvalue weighted by molar-refractivity contribution is 9.10. The molecule has 6 nitrogen and oxygen atoms in total. The third kappa shape index (κ3) is 6.54. The van der Waals surface area contributed by atoms with Gasteiger partial charge in [-0.15, -0.1) is 0 Å². The number of rotatable bonds is 9. The largest absolute Gasteiger partial charge is 0.467 e. The highest BCUT2D eigenvalue weighted by Gasteiger charge is 2.24. The molecule has 4 rings (SSSR count). The number of anilines is 2. The van der Waals surface area contributed by atoms with Crippen molar-refractivity contribution >= 4 is 39.1 Å². The molecular weight excluding hydrogens is 506 g/mol. The average molecular weight is 538 g/mol. The van der Waals surface area contributed by atoms with Gasteiger partial charge in [0, 0.05) is 35.4 Å². The maximum atomic E-state index is 13.7. The monoisotopic (exact) mass is 537 g/mol. The number of benzene rings is 2. The van der Waals surface area contributed by atoms with Gasteiger partial charge in [-0.3, -0.25) is 9.59 Å². The molecule has 0 bridgehead atoms. The highest BCUT2D eigenvalue weighted by Crippen LogP contribution is 2.29. The van der Waals surface area contributed by atoms with Crippen LogP contribution >= 0.6 is 15.9 Å². The van der Waals surface area contributed by atoms with Gasteiger partial charge in [0.1, 0.15) is 5.76 Å². The van der Waals surface area contributed by atoms with Crippen molar-refractivity contribution in [1.29, 1.82) is 0 Å². The van der Waals surface area contributed by atoms with Gasteiger partial charge in [-0.2, -0.15) is 0 Å². The maximum absolute atomic E-state index is 13.7. The SMILES string of the molecule is CCCCN(Cc1ccco1)c1ccc(NC(=O)c2ccc(Br)cc2)cc1C(=O)N1CCCCC1. The van der Waals surface area contributed by atoms with Crippen LogP contribution in [0.1, 0.15) is 65.5 Å². The molecule has 0 unspecified atom stereocenters. The second kappa shape index (κ2) is 12.1. The number of piperidine rings is 1. The molecule has 0 atom stereocenters. The summed E-state index contributed by atoms with van der Waals surface area (Å²) in [6.45, 7) is 5.08. The predicted molar refractivity (Wildman–Crippen MR) is 143 cm³/mol. The molecule has 0 radical (unpaired) electrons. The molecule has 2 aromatic carbocycles. The van der Waals surface area contributed by atoms with E-state index in [1.165, 1.54) is 0 Å². The molecule has 1 aromatic heterocycles. The van der Waals surface area contributed by atoms with Crippen LogP contribution in [-0.4, -0.2) is 36.3 Å². The lowest BCUT2D eigenvalue weighted by molar-refractivity contribution is 0.0724. The fourth-order valence-electron chi connectivity index (χ4n) is 4.36. The topological polar surface area (TPSA) is 65.8 Å². The molecule has 1 aliphatic rings. The van der Waals surface area contributed by atoms with E-state index in [9.17, 15) is 9.59 Å². The van der Waals surface area contributed by atoms with E-state index in [0.717, 1.165) is 67.7 Å². The number of carbonyl (C=O) groups excluding carboxylic acids is 2. The van der Waals surface area contributed by atoms with Crippen LogP contribution in [0.3, 0.4) is 0 Å². The smallest absolute Gasteiger partial charge is 0.256 e. The summed E-state index contributed by atoms with van der Waals surface area (Å²) in [5.74, 6) is 0.658. The molecule has 0 saturated carbocycles. The normalized spacial score (nSPS) is 13.5. The van der Waals surface area contributed by atoms with Crippen molar-refractivity contribution < 1.29 is 14.0 Å². The van der Waals surface area contributed by atoms with E-state index in [4.69, 9.17) is 4.42 Å². The Balaban J connectivity index is 1.66. The van der Waals surface area contributed by atoms with E-state index in [0.29, 0.717) is 23.4 Å². The Labute approximate surface area is 215 Å². The first-order valence-electron chi connectivity index (χ1n) is 12.3. The van der Waals surface area contributed by atoms with Crippen LogP contribution in [0.5, 0.6) is 0 Å². The van der Waals surface area contributed by atoms with Crippen molar-refractivity contribution in [2.24, 2.45) is 0 Å². The van der Waals surface area contributed by atoms with E-state index in [-0.39, 0.29) is 11.8 Å². The number of likely N-dealkylation sites (tertiary alicyclic amines) is 1. The fraction of sp³-hybridized carbons (Fsp3) is 0.357. The molecule has 1 N–H and O–H groups in total. The highest BCUT2D eigenvalue weighted by atomic mass is 79.9. The van der Waals surface area contributed by atoms with Crippen molar-refractivity contribution in [2.75, 3.05) is 29.9 Å². The lowest BCUT2D eigenvalue weighted by Crippen LogP contribution is -2.37. The quantitative estimate of drug-likeness (QED) is 0.328. The number of amides is 2. The Morgan fingerprint density at radius 1 is 1.06 bits per heavy atom. The second-order valence-electron chi connectivity index (χ2n) is 8.90. The number of hydrogen-bond acceptors (Lipinski definition) is 4. The molecule has 0 spiro atoms. The Morgan fingerprint density at radius 3 is 2.51 bits per heavy atom. The van der Waals surface area contributed by atoms with Gasteiger partial charge in [0.05, 0.1) is 24.1 Å². The summed E-state index contributed by atoms with van der Waals surface area (Å²) in [6, 6.07) is 16.7. The maximum Gasteiger partial charge on any atom is 0.256 e. The molecule has 184 valence electrons. The first-order valence-corrected chi connectivity index (χ1v) is 13.1. The lowest BCUT2D eigenvalue weighted by atomic mass is 10.1. The Hall–Kier alpha value is -3.06. The first kappa shape index (κ1) is 25.0. The number of hydrogen-bond donors (Lipinski definition) is 1. The van der Waals surface area contributed by atoms with E-state index in [1.807, 2.05) is 47.4 Å². The molecule has 7 heteroatoms. The molecular formula is C28H32BrN3O3. The van der Waals surface area contributed by atoms with Crippen LogP contribution in [0.15, 0.2) is 69.8 Å². The number of carbonyl (C=O) groups is 2. The Kier molecular flexibility index (Phi) is 8.64. The van der Waals surface area contributed by atoms with Crippen molar-refractivity contribution in [3.63, 3.8) is 0 Å². The number of furan rings is 1. The summed E-state index contributed by atoms with van der Waals surface area (Å²) in [5.41, 5.74) is 2.65. The third-order valence-electron chi connectivity index (χ3n) is 6.28. The van der Waals surface area contributed by atoms with E-state index < -0.39 is 0 Å². The molecule has 1 aliphatic heterocycles. The van der Waals surface area contributed by atoms with Gasteiger partial charge in [0.15, 0.2) is 0 Å². The number of unbranched alkanes of at least 4 members (excludes halogenated alkanes) is 1. The first-order chi connectivity index (χ1) is 17.0. The van der Waals surface area contributed by atoms with Crippen molar-refractivity contribution in [3.05, 3.63) is 82.2 Å². The molecule has 1 fully saturated rings. The Bertz CT molecular complexity index is 1120. The third-order valence-corrected chi connectivity index (χ3v) is 6.81. The number of nitrogens with zero attached hydrogens (tertiary/aromatic N) is 2. The van der Waals surface area contributed by atoms with Crippen LogP contribution in [0.25, 0.3) is 0 Å². The van der Waals surface area contributed by atoms with Gasteiger partial charge < -0.3 is 19.5 Å². The summed E-state index contributed by atoms with van der Waals surface area (Å²) in [5, 5.41) is 2.97.